The van der Waals surface area contributed by atoms with Gasteiger partial charge in [0.25, 0.3) is 3.78 Å². The summed E-state index contributed by atoms with van der Waals surface area (Å²) in [6.07, 6.45) is -11.7. The fourth-order valence-corrected chi connectivity index (χ4v) is 0.795. The fraction of sp³-hybridized carbons (Fsp3) is 1.00. The summed E-state index contributed by atoms with van der Waals surface area (Å²) in [7, 11) is 0. The maximum absolute atomic E-state index is 12.6. The maximum Gasteiger partial charge on any atom is 0.440 e. The van der Waals surface area contributed by atoms with Crippen LogP contribution in [0.5, 0.6) is 0 Å². The lowest BCUT2D eigenvalue weighted by Gasteiger charge is -2.34. The van der Waals surface area contributed by atoms with Gasteiger partial charge in [0, 0.05) is 0 Å². The first-order valence-electron chi connectivity index (χ1n) is 2.64. The summed E-state index contributed by atoms with van der Waals surface area (Å²) in [5, 5.41) is -5.15. The number of hydrogen-bond donors (Lipinski definition) is 0. The van der Waals surface area contributed by atoms with Crippen LogP contribution in [0.4, 0.5) is 30.7 Å². The number of hydrogen-bond acceptors (Lipinski definition) is 0. The van der Waals surface area contributed by atoms with Crippen LogP contribution in [0, 0.1) is 0 Å². The van der Waals surface area contributed by atoms with Crippen molar-refractivity contribution < 1.29 is 30.7 Å². The van der Waals surface area contributed by atoms with Gasteiger partial charge in [0.15, 0.2) is 0 Å². The largest absolute Gasteiger partial charge is 0.440 e. The van der Waals surface area contributed by atoms with Gasteiger partial charge < -0.3 is 0 Å². The van der Waals surface area contributed by atoms with Gasteiger partial charge in [-0.1, -0.05) is 39.1 Å². The third kappa shape index (κ3) is 2.21. The van der Waals surface area contributed by atoms with Gasteiger partial charge in [-0.25, -0.2) is 4.39 Å². The van der Waals surface area contributed by atoms with Gasteiger partial charge in [-0.2, -0.15) is 26.3 Å². The van der Waals surface area contributed by atoms with E-state index in [1.54, 1.807) is 0 Å². The predicted octanol–water partition coefficient (Wildman–Crippen LogP) is 4.35. The van der Waals surface area contributed by atoms with Crippen LogP contribution in [0.25, 0.3) is 0 Å². The molecule has 0 aromatic carbocycles. The van der Waals surface area contributed by atoms with E-state index < -0.39 is 21.3 Å². The molecule has 0 amide bonds. The average molecular weight is 332 g/mol. The average Bonchev–Trinajstić information content (AvgIpc) is 1.81. The second-order valence-electron chi connectivity index (χ2n) is 2.14. The Labute approximate surface area is 91.5 Å². The van der Waals surface area contributed by atoms with Gasteiger partial charge in [0.2, 0.25) is 0 Å². The fourth-order valence-electron chi connectivity index (χ4n) is 0.356. The van der Waals surface area contributed by atoms with Crippen molar-refractivity contribution in [3.05, 3.63) is 0 Å². The standard InChI is InChI=1S/C4BrCl2F7/c5-1(6,3(9,10)11)2(7,8)4(12,13)14. The predicted molar refractivity (Wildman–Crippen MR) is 39.3 cm³/mol. The second-order valence-corrected chi connectivity index (χ2v) is 4.88. The van der Waals surface area contributed by atoms with E-state index in [1.165, 1.54) is 15.9 Å². The summed E-state index contributed by atoms with van der Waals surface area (Å²) in [5.41, 5.74) is 0. The Hall–Kier alpha value is 0.570. The lowest BCUT2D eigenvalue weighted by Crippen LogP contribution is -2.56. The summed E-state index contributed by atoms with van der Waals surface area (Å²) < 4.78 is 79.0. The van der Waals surface area contributed by atoms with Crippen molar-refractivity contribution in [2.45, 2.75) is 21.3 Å². The highest BCUT2D eigenvalue weighted by Crippen LogP contribution is 2.58. The minimum Gasteiger partial charge on any atom is -0.213 e. The smallest absolute Gasteiger partial charge is 0.213 e. The Morgan fingerprint density at radius 2 is 1.00 bits per heavy atom. The number of halogens is 10. The molecular weight excluding hydrogens is 332 g/mol. The molecule has 0 spiro atoms. The van der Waals surface area contributed by atoms with Crippen LogP contribution < -0.4 is 0 Å². The van der Waals surface area contributed by atoms with Crippen molar-refractivity contribution in [3.63, 3.8) is 0 Å². The van der Waals surface area contributed by atoms with Crippen LogP contribution >= 0.6 is 39.1 Å². The summed E-state index contributed by atoms with van der Waals surface area (Å²) in [6.45, 7) is 0. The summed E-state index contributed by atoms with van der Waals surface area (Å²) >= 11 is 9.82. The highest BCUT2D eigenvalue weighted by atomic mass is 79.9. The normalized spacial score (nSPS) is 22.7. The Balaban J connectivity index is 5.30. The van der Waals surface area contributed by atoms with E-state index in [0.717, 1.165) is 0 Å². The van der Waals surface area contributed by atoms with Crippen molar-refractivity contribution in [2.24, 2.45) is 0 Å². The minimum absolute atomic E-state index is 1.37. The zero-order valence-electron chi connectivity index (χ0n) is 5.78. The van der Waals surface area contributed by atoms with E-state index in [1.807, 2.05) is 0 Å². The molecule has 0 aliphatic rings. The molecule has 0 nitrogen and oxygen atoms in total. The summed E-state index contributed by atoms with van der Waals surface area (Å²) in [6, 6.07) is 0. The molecule has 14 heavy (non-hydrogen) atoms. The molecule has 0 fully saturated rings. The maximum atomic E-state index is 12.6. The zero-order valence-corrected chi connectivity index (χ0v) is 8.88. The first-order chi connectivity index (χ1) is 5.75. The molecule has 0 N–H and O–H groups in total. The van der Waals surface area contributed by atoms with E-state index in [9.17, 15) is 30.7 Å². The third-order valence-electron chi connectivity index (χ3n) is 1.11. The highest BCUT2D eigenvalue weighted by molar-refractivity contribution is 9.10. The minimum atomic E-state index is -5.96. The van der Waals surface area contributed by atoms with Crippen molar-refractivity contribution >= 4 is 39.1 Å². The molecule has 0 saturated heterocycles. The summed E-state index contributed by atoms with van der Waals surface area (Å²) in [4.78, 5) is 0. The molecule has 0 aliphatic heterocycles. The zero-order chi connectivity index (χ0) is 12.0. The van der Waals surface area contributed by atoms with Crippen molar-refractivity contribution in [1.29, 1.82) is 0 Å². The lowest BCUT2D eigenvalue weighted by molar-refractivity contribution is -0.240. The van der Waals surface area contributed by atoms with Gasteiger partial charge in [0.1, 0.15) is 0 Å². The first kappa shape index (κ1) is 14.6. The van der Waals surface area contributed by atoms with Gasteiger partial charge >= 0.3 is 17.5 Å². The van der Waals surface area contributed by atoms with E-state index >= 15 is 0 Å². The molecule has 86 valence electrons. The molecule has 0 aromatic rings. The molecule has 0 rings (SSSR count). The molecule has 0 aliphatic carbocycles. The first-order valence-corrected chi connectivity index (χ1v) is 4.19. The highest BCUT2D eigenvalue weighted by Gasteiger charge is 2.76. The summed E-state index contributed by atoms with van der Waals surface area (Å²) in [5.74, 6) is 0. The Bertz CT molecular complexity index is 193. The number of rotatable bonds is 1. The van der Waals surface area contributed by atoms with Gasteiger partial charge in [0.05, 0.1) is 0 Å². The van der Waals surface area contributed by atoms with E-state index in [-0.39, 0.29) is 0 Å². The van der Waals surface area contributed by atoms with Crippen LogP contribution in [-0.2, 0) is 0 Å². The quantitative estimate of drug-likeness (QED) is 0.495. The van der Waals surface area contributed by atoms with Crippen LogP contribution in [0.1, 0.15) is 0 Å². The monoisotopic (exact) mass is 330 g/mol. The van der Waals surface area contributed by atoms with E-state index in [4.69, 9.17) is 0 Å². The Morgan fingerprint density at radius 1 is 0.714 bits per heavy atom. The number of alkyl halides is 10. The Morgan fingerprint density at radius 3 is 1.07 bits per heavy atom. The lowest BCUT2D eigenvalue weighted by atomic mass is 10.2. The van der Waals surface area contributed by atoms with Crippen LogP contribution in [0.15, 0.2) is 0 Å². The molecule has 2 atom stereocenters. The molecule has 0 aromatic heterocycles. The molecule has 10 heteroatoms. The van der Waals surface area contributed by atoms with Crippen molar-refractivity contribution in [1.82, 2.24) is 0 Å². The van der Waals surface area contributed by atoms with Crippen LogP contribution in [0.3, 0.4) is 0 Å². The van der Waals surface area contributed by atoms with Gasteiger partial charge in [-0.05, 0) is 0 Å². The molecule has 0 heterocycles. The topological polar surface area (TPSA) is 0 Å². The van der Waals surface area contributed by atoms with Crippen molar-refractivity contribution in [2.75, 3.05) is 0 Å². The van der Waals surface area contributed by atoms with Crippen LogP contribution in [0.2, 0.25) is 0 Å². The SMILES string of the molecule is FC(F)(F)C(F)(Cl)C(Cl)(Br)C(F)(F)F. The van der Waals surface area contributed by atoms with Crippen LogP contribution in [-0.4, -0.2) is 21.3 Å². The van der Waals surface area contributed by atoms with E-state index in [2.05, 4.69) is 23.2 Å². The molecular formula is C4BrCl2F7. The molecule has 0 radical (unpaired) electrons. The molecule has 0 saturated carbocycles. The third-order valence-corrected chi connectivity index (χ3v) is 3.40. The molecule has 2 unspecified atom stereocenters. The molecule has 0 bridgehead atoms. The van der Waals surface area contributed by atoms with Gasteiger partial charge in [-0.3, -0.25) is 0 Å². The Kier molecular flexibility index (Phi) is 3.70. The van der Waals surface area contributed by atoms with Crippen molar-refractivity contribution in [3.8, 4) is 0 Å². The second kappa shape index (κ2) is 3.55. The van der Waals surface area contributed by atoms with Gasteiger partial charge in [-0.15, -0.1) is 0 Å². The van der Waals surface area contributed by atoms with E-state index in [0.29, 0.717) is 0 Å².